The van der Waals surface area contributed by atoms with Crippen LogP contribution in [0.2, 0.25) is 0 Å². The molecule has 1 N–H and O–H groups in total. The number of nitrogens with zero attached hydrogens (tertiary/aromatic N) is 1. The van der Waals surface area contributed by atoms with Gasteiger partial charge in [-0.3, -0.25) is 0 Å². The Morgan fingerprint density at radius 3 is 2.50 bits per heavy atom. The number of amides is 1. The minimum absolute atomic E-state index is 0.320. The van der Waals surface area contributed by atoms with Crippen LogP contribution in [0, 0.1) is 11.3 Å². The second-order valence-corrected chi connectivity index (χ2v) is 8.34. The van der Waals surface area contributed by atoms with Crippen LogP contribution in [0.4, 0.5) is 4.79 Å². The smallest absolute Gasteiger partial charge is 0.407 e. The van der Waals surface area contributed by atoms with Crippen LogP contribution >= 0.6 is 0 Å². The third kappa shape index (κ3) is 3.85. The zero-order chi connectivity index (χ0) is 17.3. The molecule has 0 aromatic heterocycles. The molecule has 1 aliphatic heterocycles. The molecule has 0 atom stereocenters. The molecular formula is C20H29NO3. The molecule has 0 radical (unpaired) electrons. The van der Waals surface area contributed by atoms with Gasteiger partial charge in [0.25, 0.3) is 0 Å². The standard InChI is InChI=1S/C20H29NO3/c1-20(2,3)16-5-8-17(9-6-16)24-18-7-4-15-13-21(19(22)23)11-10-14(15)12-18/h4,7,12,16-17H,5-6,8-11,13H2,1-3H3,(H,22,23). The maximum absolute atomic E-state index is 11.1. The fourth-order valence-electron chi connectivity index (χ4n) is 4.01. The highest BCUT2D eigenvalue weighted by Crippen LogP contribution is 2.39. The predicted molar refractivity (Wildman–Crippen MR) is 94.4 cm³/mol. The van der Waals surface area contributed by atoms with E-state index in [4.69, 9.17) is 9.84 Å². The number of rotatable bonds is 2. The summed E-state index contributed by atoms with van der Waals surface area (Å²) in [5.41, 5.74) is 2.73. The van der Waals surface area contributed by atoms with Gasteiger partial charge in [0, 0.05) is 13.1 Å². The lowest BCUT2D eigenvalue weighted by molar-refractivity contribution is 0.0881. The Morgan fingerprint density at radius 1 is 1.17 bits per heavy atom. The van der Waals surface area contributed by atoms with Crippen molar-refractivity contribution >= 4 is 6.09 Å². The lowest BCUT2D eigenvalue weighted by atomic mass is 9.72. The van der Waals surface area contributed by atoms with Crippen molar-refractivity contribution in [3.63, 3.8) is 0 Å². The summed E-state index contributed by atoms with van der Waals surface area (Å²) in [5, 5.41) is 9.11. The second-order valence-electron chi connectivity index (χ2n) is 8.34. The van der Waals surface area contributed by atoms with Crippen LogP contribution in [0.1, 0.15) is 57.6 Å². The van der Waals surface area contributed by atoms with E-state index in [-0.39, 0.29) is 0 Å². The Balaban J connectivity index is 1.59. The lowest BCUT2D eigenvalue weighted by Crippen LogP contribution is -2.34. The fourth-order valence-corrected chi connectivity index (χ4v) is 4.01. The number of benzene rings is 1. The van der Waals surface area contributed by atoms with Gasteiger partial charge in [0.2, 0.25) is 0 Å². The first-order chi connectivity index (χ1) is 11.3. The van der Waals surface area contributed by atoms with Crippen LogP contribution in [-0.2, 0) is 13.0 Å². The highest BCUT2D eigenvalue weighted by atomic mass is 16.5. The first-order valence-corrected chi connectivity index (χ1v) is 9.09. The monoisotopic (exact) mass is 331 g/mol. The van der Waals surface area contributed by atoms with Gasteiger partial charge in [-0.1, -0.05) is 26.8 Å². The Hall–Kier alpha value is -1.71. The average molecular weight is 331 g/mol. The highest BCUT2D eigenvalue weighted by molar-refractivity contribution is 5.65. The van der Waals surface area contributed by atoms with Gasteiger partial charge in [0.05, 0.1) is 6.10 Å². The van der Waals surface area contributed by atoms with Gasteiger partial charge in [-0.2, -0.15) is 0 Å². The normalized spacial score (nSPS) is 24.4. The summed E-state index contributed by atoms with van der Waals surface area (Å²) in [4.78, 5) is 12.6. The zero-order valence-electron chi connectivity index (χ0n) is 15.0. The zero-order valence-corrected chi connectivity index (χ0v) is 15.0. The third-order valence-electron chi connectivity index (χ3n) is 5.66. The Morgan fingerprint density at radius 2 is 1.88 bits per heavy atom. The molecule has 4 heteroatoms. The number of ether oxygens (including phenoxy) is 1. The molecule has 4 nitrogen and oxygen atoms in total. The summed E-state index contributed by atoms with van der Waals surface area (Å²) in [5.74, 6) is 1.74. The van der Waals surface area contributed by atoms with E-state index in [0.29, 0.717) is 24.6 Å². The van der Waals surface area contributed by atoms with Crippen LogP contribution < -0.4 is 4.74 Å². The summed E-state index contributed by atoms with van der Waals surface area (Å²) in [7, 11) is 0. The van der Waals surface area contributed by atoms with Gasteiger partial charge >= 0.3 is 6.09 Å². The molecule has 1 aromatic rings. The van der Waals surface area contributed by atoms with E-state index < -0.39 is 6.09 Å². The summed E-state index contributed by atoms with van der Waals surface area (Å²) in [6.07, 6.45) is 5.00. The highest BCUT2D eigenvalue weighted by Gasteiger charge is 2.30. The third-order valence-corrected chi connectivity index (χ3v) is 5.66. The molecule has 1 saturated carbocycles. The van der Waals surface area contributed by atoms with Gasteiger partial charge in [-0.25, -0.2) is 4.79 Å². The van der Waals surface area contributed by atoms with Crippen LogP contribution in [0.5, 0.6) is 5.75 Å². The molecule has 0 unspecified atom stereocenters. The largest absolute Gasteiger partial charge is 0.490 e. The van der Waals surface area contributed by atoms with Gasteiger partial charge in [-0.05, 0) is 66.7 Å². The van der Waals surface area contributed by atoms with E-state index in [1.54, 1.807) is 0 Å². The fraction of sp³-hybridized carbons (Fsp3) is 0.650. The van der Waals surface area contributed by atoms with Crippen LogP contribution in [0.25, 0.3) is 0 Å². The summed E-state index contributed by atoms with van der Waals surface area (Å²) in [6, 6.07) is 6.14. The van der Waals surface area contributed by atoms with Crippen molar-refractivity contribution in [3.05, 3.63) is 29.3 Å². The molecule has 1 aliphatic carbocycles. The van der Waals surface area contributed by atoms with Gasteiger partial charge < -0.3 is 14.7 Å². The number of hydrogen-bond donors (Lipinski definition) is 1. The molecule has 3 rings (SSSR count). The Labute approximate surface area is 144 Å². The Kier molecular flexibility index (Phi) is 4.75. The Bertz CT molecular complexity index is 597. The molecule has 0 spiro atoms. The first kappa shape index (κ1) is 17.1. The van der Waals surface area contributed by atoms with Crippen LogP contribution in [-0.4, -0.2) is 28.7 Å². The molecule has 1 heterocycles. The number of hydrogen-bond acceptors (Lipinski definition) is 2. The molecule has 1 amide bonds. The van der Waals surface area contributed by atoms with Crippen molar-refractivity contribution in [2.75, 3.05) is 6.54 Å². The quantitative estimate of drug-likeness (QED) is 0.854. The number of fused-ring (bicyclic) bond motifs is 1. The molecule has 0 bridgehead atoms. The second kappa shape index (κ2) is 6.66. The lowest BCUT2D eigenvalue weighted by Gasteiger charge is -2.37. The minimum atomic E-state index is -0.836. The topological polar surface area (TPSA) is 49.8 Å². The maximum Gasteiger partial charge on any atom is 0.407 e. The van der Waals surface area contributed by atoms with Gasteiger partial charge in [0.1, 0.15) is 5.75 Å². The van der Waals surface area contributed by atoms with E-state index in [2.05, 4.69) is 26.8 Å². The summed E-state index contributed by atoms with van der Waals surface area (Å²) < 4.78 is 6.23. The van der Waals surface area contributed by atoms with Crippen LogP contribution in [0.15, 0.2) is 18.2 Å². The number of carbonyl (C=O) groups is 1. The van der Waals surface area contributed by atoms with E-state index in [0.717, 1.165) is 36.5 Å². The van der Waals surface area contributed by atoms with E-state index in [1.165, 1.54) is 23.3 Å². The van der Waals surface area contributed by atoms with Crippen molar-refractivity contribution in [2.45, 2.75) is 65.5 Å². The first-order valence-electron chi connectivity index (χ1n) is 9.09. The van der Waals surface area contributed by atoms with E-state index in [9.17, 15) is 4.79 Å². The SMILES string of the molecule is CC(C)(C)C1CCC(Oc2ccc3c(c2)CCN(C(=O)O)C3)CC1. The van der Waals surface area contributed by atoms with Crippen LogP contribution in [0.3, 0.4) is 0 Å². The average Bonchev–Trinajstić information content (AvgIpc) is 2.54. The summed E-state index contributed by atoms with van der Waals surface area (Å²) >= 11 is 0. The van der Waals surface area contributed by atoms with Gasteiger partial charge in [0.15, 0.2) is 0 Å². The van der Waals surface area contributed by atoms with E-state index in [1.807, 2.05) is 12.1 Å². The maximum atomic E-state index is 11.1. The van der Waals surface area contributed by atoms with Crippen molar-refractivity contribution in [2.24, 2.45) is 11.3 Å². The van der Waals surface area contributed by atoms with Crippen molar-refractivity contribution in [1.82, 2.24) is 4.90 Å². The minimum Gasteiger partial charge on any atom is -0.490 e. The molecule has 24 heavy (non-hydrogen) atoms. The summed E-state index contributed by atoms with van der Waals surface area (Å²) in [6.45, 7) is 8.07. The molecule has 2 aliphatic rings. The molecule has 0 saturated heterocycles. The number of carboxylic acid groups (broad SMARTS) is 1. The van der Waals surface area contributed by atoms with Crippen molar-refractivity contribution in [3.8, 4) is 5.75 Å². The molecular weight excluding hydrogens is 302 g/mol. The molecule has 1 aromatic carbocycles. The predicted octanol–water partition coefficient (Wildman–Crippen LogP) is 4.71. The van der Waals surface area contributed by atoms with E-state index >= 15 is 0 Å². The molecule has 132 valence electrons. The van der Waals surface area contributed by atoms with Crippen molar-refractivity contribution in [1.29, 1.82) is 0 Å². The van der Waals surface area contributed by atoms with Crippen molar-refractivity contribution < 1.29 is 14.6 Å². The molecule has 1 fully saturated rings. The van der Waals surface area contributed by atoms with Gasteiger partial charge in [-0.15, -0.1) is 0 Å².